The van der Waals surface area contributed by atoms with Crippen LogP contribution in [0.4, 0.5) is 10.8 Å². The van der Waals surface area contributed by atoms with E-state index in [1.807, 2.05) is 12.3 Å². The molecular formula is C12H12N4O2S. The van der Waals surface area contributed by atoms with Gasteiger partial charge in [-0.3, -0.25) is 5.43 Å². The number of aromatic nitrogens is 1. The fraction of sp³-hybridized carbons (Fsp3) is 0.0833. The highest BCUT2D eigenvalue weighted by Crippen LogP contribution is 2.13. The lowest BCUT2D eigenvalue weighted by Gasteiger charge is -2.02. The first-order valence-corrected chi connectivity index (χ1v) is 6.29. The molecule has 0 fully saturated rings. The Morgan fingerprint density at radius 1 is 1.42 bits per heavy atom. The van der Waals surface area contributed by atoms with Gasteiger partial charge in [0.15, 0.2) is 5.13 Å². The molecule has 98 valence electrons. The maximum atomic E-state index is 10.7. The number of anilines is 2. The number of hydrazone groups is 1. The smallest absolute Gasteiger partial charge is 0.335 e. The third-order valence-electron chi connectivity index (χ3n) is 2.38. The Bertz CT molecular complexity index is 619. The highest BCUT2D eigenvalue weighted by atomic mass is 32.1. The van der Waals surface area contributed by atoms with E-state index in [1.54, 1.807) is 12.1 Å². The fourth-order valence-electron chi connectivity index (χ4n) is 1.35. The molecule has 0 aliphatic rings. The van der Waals surface area contributed by atoms with Gasteiger partial charge in [0, 0.05) is 5.38 Å². The van der Waals surface area contributed by atoms with Crippen molar-refractivity contribution >= 4 is 33.8 Å². The molecule has 0 unspecified atom stereocenters. The summed E-state index contributed by atoms with van der Waals surface area (Å²) in [5, 5.41) is 15.3. The summed E-state index contributed by atoms with van der Waals surface area (Å²) in [6.45, 7) is 1.81. The maximum Gasteiger partial charge on any atom is 0.335 e. The van der Waals surface area contributed by atoms with Crippen LogP contribution in [0, 0.1) is 0 Å². The first-order valence-electron chi connectivity index (χ1n) is 5.41. The van der Waals surface area contributed by atoms with Crippen molar-refractivity contribution in [3.8, 4) is 0 Å². The molecule has 0 radical (unpaired) electrons. The van der Waals surface area contributed by atoms with Crippen LogP contribution in [0.2, 0.25) is 0 Å². The van der Waals surface area contributed by atoms with E-state index in [0.717, 1.165) is 5.69 Å². The molecule has 0 aliphatic heterocycles. The molecule has 4 N–H and O–H groups in total. The normalized spacial score (nSPS) is 11.3. The Kier molecular flexibility index (Phi) is 3.76. The number of nitrogen functional groups attached to an aromatic ring is 1. The number of carboxylic acids is 1. The Balaban J connectivity index is 2.07. The lowest BCUT2D eigenvalue weighted by Crippen LogP contribution is -2.01. The van der Waals surface area contributed by atoms with E-state index in [2.05, 4.69) is 15.5 Å². The minimum Gasteiger partial charge on any atom is -0.478 e. The van der Waals surface area contributed by atoms with Gasteiger partial charge in [-0.1, -0.05) is 0 Å². The predicted molar refractivity (Wildman–Crippen MR) is 75.8 cm³/mol. The molecular weight excluding hydrogens is 264 g/mol. The molecule has 1 aromatic carbocycles. The number of nitrogens with two attached hydrogens (primary N) is 1. The fourth-order valence-corrected chi connectivity index (χ4v) is 1.95. The first kappa shape index (κ1) is 13.0. The molecule has 1 aromatic heterocycles. The highest BCUT2D eigenvalue weighted by molar-refractivity contribution is 7.13. The molecule has 0 spiro atoms. The molecule has 0 amide bonds. The third kappa shape index (κ3) is 3.29. The summed E-state index contributed by atoms with van der Waals surface area (Å²) in [5.41, 5.74) is 10.7. The zero-order valence-corrected chi connectivity index (χ0v) is 10.9. The average Bonchev–Trinajstić information content (AvgIpc) is 2.83. The van der Waals surface area contributed by atoms with E-state index in [-0.39, 0.29) is 5.56 Å². The summed E-state index contributed by atoms with van der Waals surface area (Å²) in [5.74, 6) is -0.954. The van der Waals surface area contributed by atoms with Gasteiger partial charge in [-0.05, 0) is 31.2 Å². The minimum atomic E-state index is -0.954. The Hall–Kier alpha value is -2.41. The SMILES string of the molecule is C/C(=N/Nc1ccc(C(=O)O)cc1)c1csc(N)n1. The molecule has 19 heavy (non-hydrogen) atoms. The molecule has 7 heteroatoms. The quantitative estimate of drug-likeness (QED) is 0.587. The van der Waals surface area contributed by atoms with Gasteiger partial charge < -0.3 is 10.8 Å². The van der Waals surface area contributed by atoms with Crippen LogP contribution in [0.25, 0.3) is 0 Å². The number of hydrogen-bond donors (Lipinski definition) is 3. The summed E-state index contributed by atoms with van der Waals surface area (Å²) in [7, 11) is 0. The van der Waals surface area contributed by atoms with Crippen LogP contribution >= 0.6 is 11.3 Å². The van der Waals surface area contributed by atoms with Gasteiger partial charge in [-0.25, -0.2) is 9.78 Å². The van der Waals surface area contributed by atoms with Crippen molar-refractivity contribution in [2.24, 2.45) is 5.10 Å². The van der Waals surface area contributed by atoms with Crippen molar-refractivity contribution in [3.05, 3.63) is 40.9 Å². The van der Waals surface area contributed by atoms with Gasteiger partial charge in [-0.15, -0.1) is 11.3 Å². The van der Waals surface area contributed by atoms with E-state index in [9.17, 15) is 4.79 Å². The number of hydrogen-bond acceptors (Lipinski definition) is 6. The van der Waals surface area contributed by atoms with E-state index < -0.39 is 5.97 Å². The van der Waals surface area contributed by atoms with E-state index >= 15 is 0 Å². The lowest BCUT2D eigenvalue weighted by atomic mass is 10.2. The zero-order valence-electron chi connectivity index (χ0n) is 10.1. The van der Waals surface area contributed by atoms with E-state index in [0.29, 0.717) is 16.5 Å². The number of thiazole rings is 1. The van der Waals surface area contributed by atoms with Crippen molar-refractivity contribution in [2.75, 3.05) is 11.2 Å². The van der Waals surface area contributed by atoms with Crippen LogP contribution in [0.1, 0.15) is 23.0 Å². The second-order valence-corrected chi connectivity index (χ2v) is 4.65. The third-order valence-corrected chi connectivity index (χ3v) is 3.05. The molecule has 0 saturated heterocycles. The van der Waals surface area contributed by atoms with Gasteiger partial charge in [-0.2, -0.15) is 5.10 Å². The van der Waals surface area contributed by atoms with Crippen molar-refractivity contribution in [1.29, 1.82) is 0 Å². The van der Waals surface area contributed by atoms with Gasteiger partial charge in [0.05, 0.1) is 22.7 Å². The van der Waals surface area contributed by atoms with Crippen LogP contribution in [0.3, 0.4) is 0 Å². The number of benzene rings is 1. The largest absolute Gasteiger partial charge is 0.478 e. The molecule has 2 rings (SSSR count). The number of nitrogens with one attached hydrogen (secondary N) is 1. The summed E-state index contributed by atoms with van der Waals surface area (Å²) in [6.07, 6.45) is 0. The monoisotopic (exact) mass is 276 g/mol. The number of rotatable bonds is 4. The van der Waals surface area contributed by atoms with Crippen molar-refractivity contribution in [3.63, 3.8) is 0 Å². The summed E-state index contributed by atoms with van der Waals surface area (Å²) in [4.78, 5) is 14.8. The number of carboxylic acid groups (broad SMARTS) is 1. The van der Waals surface area contributed by atoms with Crippen molar-refractivity contribution < 1.29 is 9.90 Å². The number of aromatic carboxylic acids is 1. The predicted octanol–water partition coefficient (Wildman–Crippen LogP) is 2.26. The van der Waals surface area contributed by atoms with Crippen molar-refractivity contribution in [1.82, 2.24) is 4.98 Å². The van der Waals surface area contributed by atoms with E-state index in [4.69, 9.17) is 10.8 Å². The molecule has 2 aromatic rings. The van der Waals surface area contributed by atoms with Gasteiger partial charge in [0.1, 0.15) is 0 Å². The van der Waals surface area contributed by atoms with E-state index in [1.165, 1.54) is 23.5 Å². The van der Waals surface area contributed by atoms with Crippen LogP contribution in [-0.2, 0) is 0 Å². The standard InChI is InChI=1S/C12H12N4O2S/c1-7(10-6-19-12(13)14-10)15-16-9-4-2-8(3-5-9)11(17)18/h2-6,16H,1H3,(H2,13,14)(H,17,18)/b15-7-. The van der Waals surface area contributed by atoms with Gasteiger partial charge >= 0.3 is 5.97 Å². The van der Waals surface area contributed by atoms with Gasteiger partial charge in [0.2, 0.25) is 0 Å². The van der Waals surface area contributed by atoms with Crippen LogP contribution in [-0.4, -0.2) is 21.8 Å². The lowest BCUT2D eigenvalue weighted by molar-refractivity contribution is 0.0697. The Labute approximate surface area is 113 Å². The highest BCUT2D eigenvalue weighted by Gasteiger charge is 2.03. The minimum absolute atomic E-state index is 0.235. The molecule has 0 atom stereocenters. The first-order chi connectivity index (χ1) is 9.06. The Morgan fingerprint density at radius 3 is 2.63 bits per heavy atom. The summed E-state index contributed by atoms with van der Waals surface area (Å²) >= 11 is 1.35. The van der Waals surface area contributed by atoms with Crippen LogP contribution in [0.15, 0.2) is 34.7 Å². The summed E-state index contributed by atoms with van der Waals surface area (Å²) in [6, 6.07) is 6.32. The number of nitrogens with zero attached hydrogens (tertiary/aromatic N) is 2. The second-order valence-electron chi connectivity index (χ2n) is 3.76. The molecule has 0 bridgehead atoms. The molecule has 0 aliphatic carbocycles. The van der Waals surface area contributed by atoms with Gasteiger partial charge in [0.25, 0.3) is 0 Å². The van der Waals surface area contributed by atoms with Crippen LogP contribution < -0.4 is 11.2 Å². The molecule has 1 heterocycles. The maximum absolute atomic E-state index is 10.7. The molecule has 0 saturated carbocycles. The van der Waals surface area contributed by atoms with Crippen LogP contribution in [0.5, 0.6) is 0 Å². The van der Waals surface area contributed by atoms with Crippen molar-refractivity contribution in [2.45, 2.75) is 6.92 Å². The average molecular weight is 276 g/mol. The Morgan fingerprint density at radius 2 is 2.11 bits per heavy atom. The summed E-state index contributed by atoms with van der Waals surface area (Å²) < 4.78 is 0. The molecule has 6 nitrogen and oxygen atoms in total. The second kappa shape index (κ2) is 5.49. The number of carbonyl (C=O) groups is 1. The zero-order chi connectivity index (χ0) is 13.8. The topological polar surface area (TPSA) is 101 Å².